The average Bonchev–Trinajstić information content (AvgIpc) is 2.95. The van der Waals surface area contributed by atoms with E-state index in [-0.39, 0.29) is 45.7 Å². The van der Waals surface area contributed by atoms with Crippen LogP contribution in [0.4, 0.5) is 0 Å². The van der Waals surface area contributed by atoms with Crippen LogP contribution in [-0.2, 0) is 9.53 Å². The fourth-order valence-electron chi connectivity index (χ4n) is 8.60. The summed E-state index contributed by atoms with van der Waals surface area (Å²) in [5.41, 5.74) is -0.537. The summed E-state index contributed by atoms with van der Waals surface area (Å²) in [7, 11) is 0. The van der Waals surface area contributed by atoms with Crippen LogP contribution in [0, 0.1) is 28.6 Å². The highest BCUT2D eigenvalue weighted by Crippen LogP contribution is 2.71. The zero-order valence-corrected chi connectivity index (χ0v) is 20.1. The standard InChI is InChI=1S/C26H35ClO5/c1-15(28)32-18-8-10-24(2)17(12-18)5-6-20-19(24)9-11-25(3)21(13-22(27)26(20,25)30)16-4-7-23(29)31-14-16/h4,7,14,17-22,30H,5-6,8-13H2,1-3H3. The highest BCUT2D eigenvalue weighted by molar-refractivity contribution is 6.21. The van der Waals surface area contributed by atoms with Crippen LogP contribution < -0.4 is 5.63 Å². The van der Waals surface area contributed by atoms with Crippen molar-refractivity contribution in [3.8, 4) is 0 Å². The smallest absolute Gasteiger partial charge is 0.335 e. The third-order valence-electron chi connectivity index (χ3n) is 10.2. The van der Waals surface area contributed by atoms with E-state index in [0.717, 1.165) is 50.5 Å². The van der Waals surface area contributed by atoms with E-state index < -0.39 is 5.60 Å². The van der Waals surface area contributed by atoms with Gasteiger partial charge in [-0.15, -0.1) is 11.6 Å². The van der Waals surface area contributed by atoms with Gasteiger partial charge in [0, 0.05) is 18.4 Å². The molecule has 4 fully saturated rings. The topological polar surface area (TPSA) is 76.7 Å². The van der Waals surface area contributed by atoms with Crippen molar-refractivity contribution in [2.45, 2.75) is 95.1 Å². The number of hydrogen-bond acceptors (Lipinski definition) is 5. The maximum absolute atomic E-state index is 12.4. The molecule has 9 unspecified atom stereocenters. The van der Waals surface area contributed by atoms with Gasteiger partial charge in [-0.3, -0.25) is 4.79 Å². The summed E-state index contributed by atoms with van der Waals surface area (Å²) in [6.07, 6.45) is 9.15. The number of esters is 1. The molecular weight excluding hydrogens is 428 g/mol. The minimum Gasteiger partial charge on any atom is -0.463 e. The molecule has 1 heterocycles. The molecule has 0 amide bonds. The monoisotopic (exact) mass is 462 g/mol. The first-order valence-corrected chi connectivity index (χ1v) is 12.7. The maximum atomic E-state index is 12.4. The normalized spacial score (nSPS) is 47.8. The van der Waals surface area contributed by atoms with Crippen molar-refractivity contribution in [2.75, 3.05) is 0 Å². The summed E-state index contributed by atoms with van der Waals surface area (Å²) >= 11 is 7.01. The van der Waals surface area contributed by atoms with Crippen molar-refractivity contribution in [1.29, 1.82) is 0 Å². The molecule has 0 bridgehead atoms. The highest BCUT2D eigenvalue weighted by atomic mass is 35.5. The summed E-state index contributed by atoms with van der Waals surface area (Å²) in [4.78, 5) is 23.0. The number of carbonyl (C=O) groups is 1. The molecule has 5 nitrogen and oxygen atoms in total. The SMILES string of the molecule is CC(=O)OC1CCC2(C)C(CCC3C2CCC2(C)C(c4ccc(=O)oc4)CC(Cl)C32O)C1. The van der Waals surface area contributed by atoms with E-state index in [1.165, 1.54) is 13.0 Å². The molecule has 32 heavy (non-hydrogen) atoms. The van der Waals surface area contributed by atoms with Crippen LogP contribution in [0.25, 0.3) is 0 Å². The second-order valence-corrected chi connectivity index (χ2v) is 12.0. The number of fused-ring (bicyclic) bond motifs is 5. The van der Waals surface area contributed by atoms with Gasteiger partial charge in [0.05, 0.1) is 17.2 Å². The molecule has 4 aliphatic rings. The van der Waals surface area contributed by atoms with Crippen LogP contribution >= 0.6 is 11.6 Å². The van der Waals surface area contributed by atoms with Gasteiger partial charge in [0.2, 0.25) is 0 Å². The Labute approximate surface area is 194 Å². The van der Waals surface area contributed by atoms with Crippen LogP contribution in [0.15, 0.2) is 27.6 Å². The zero-order chi connectivity index (χ0) is 22.9. The summed E-state index contributed by atoms with van der Waals surface area (Å²) in [5, 5.41) is 12.1. The van der Waals surface area contributed by atoms with Gasteiger partial charge >= 0.3 is 11.6 Å². The van der Waals surface area contributed by atoms with Gasteiger partial charge < -0.3 is 14.3 Å². The molecule has 1 N–H and O–H groups in total. The third-order valence-corrected chi connectivity index (χ3v) is 10.8. The predicted octanol–water partition coefficient (Wildman–Crippen LogP) is 5.03. The number of hydrogen-bond donors (Lipinski definition) is 1. The summed E-state index contributed by atoms with van der Waals surface area (Å²) in [5.74, 6) is 0.991. The van der Waals surface area contributed by atoms with E-state index in [4.69, 9.17) is 20.8 Å². The second kappa shape index (κ2) is 7.59. The Hall–Kier alpha value is -1.33. The minimum atomic E-state index is -0.945. The van der Waals surface area contributed by atoms with E-state index in [0.29, 0.717) is 18.3 Å². The second-order valence-electron chi connectivity index (χ2n) is 11.4. The van der Waals surface area contributed by atoms with Gasteiger partial charge in [-0.1, -0.05) is 13.8 Å². The molecule has 6 heteroatoms. The first kappa shape index (κ1) is 22.5. The van der Waals surface area contributed by atoms with E-state index in [1.807, 2.05) is 6.07 Å². The largest absolute Gasteiger partial charge is 0.463 e. The van der Waals surface area contributed by atoms with Crippen molar-refractivity contribution in [2.24, 2.45) is 28.6 Å². The first-order chi connectivity index (χ1) is 15.1. The van der Waals surface area contributed by atoms with Crippen molar-refractivity contribution in [1.82, 2.24) is 0 Å². The molecule has 0 aromatic carbocycles. The predicted molar refractivity (Wildman–Crippen MR) is 121 cm³/mol. The van der Waals surface area contributed by atoms with E-state index in [1.54, 1.807) is 6.26 Å². The van der Waals surface area contributed by atoms with Crippen LogP contribution in [0.3, 0.4) is 0 Å². The average molecular weight is 463 g/mol. The van der Waals surface area contributed by atoms with Gasteiger partial charge in [0.15, 0.2) is 0 Å². The van der Waals surface area contributed by atoms with Crippen LogP contribution in [0.5, 0.6) is 0 Å². The molecule has 0 aliphatic heterocycles. The number of rotatable bonds is 2. The van der Waals surface area contributed by atoms with Gasteiger partial charge in [-0.05, 0) is 92.1 Å². The van der Waals surface area contributed by atoms with Crippen molar-refractivity contribution >= 4 is 17.6 Å². The Kier molecular flexibility index (Phi) is 5.33. The lowest BCUT2D eigenvalue weighted by Crippen LogP contribution is -2.64. The molecular formula is C26H35ClO5. The van der Waals surface area contributed by atoms with Crippen molar-refractivity contribution < 1.29 is 19.1 Å². The number of aliphatic hydroxyl groups is 1. The molecule has 0 spiro atoms. The Morgan fingerprint density at radius 2 is 1.91 bits per heavy atom. The van der Waals surface area contributed by atoms with Crippen molar-refractivity contribution in [3.63, 3.8) is 0 Å². The van der Waals surface area contributed by atoms with Gasteiger partial charge in [-0.2, -0.15) is 0 Å². The number of ether oxygens (including phenoxy) is 1. The fourth-order valence-corrected chi connectivity index (χ4v) is 9.19. The van der Waals surface area contributed by atoms with E-state index >= 15 is 0 Å². The highest BCUT2D eigenvalue weighted by Gasteiger charge is 2.70. The quantitative estimate of drug-likeness (QED) is 0.492. The van der Waals surface area contributed by atoms with Gasteiger partial charge in [-0.25, -0.2) is 4.79 Å². The Bertz CT molecular complexity index is 939. The van der Waals surface area contributed by atoms with E-state index in [2.05, 4.69) is 13.8 Å². The van der Waals surface area contributed by atoms with Crippen LogP contribution in [0.1, 0.15) is 83.6 Å². The van der Waals surface area contributed by atoms with Crippen molar-refractivity contribution in [3.05, 3.63) is 34.4 Å². The van der Waals surface area contributed by atoms with Crippen LogP contribution in [-0.4, -0.2) is 28.2 Å². The third kappa shape index (κ3) is 3.06. The lowest BCUT2D eigenvalue weighted by atomic mass is 9.43. The first-order valence-electron chi connectivity index (χ1n) is 12.2. The summed E-state index contributed by atoms with van der Waals surface area (Å²) < 4.78 is 10.8. The summed E-state index contributed by atoms with van der Waals surface area (Å²) in [6, 6.07) is 3.32. The number of carbonyl (C=O) groups excluding carboxylic acids is 1. The maximum Gasteiger partial charge on any atom is 0.335 e. The number of alkyl halides is 1. The Morgan fingerprint density at radius 1 is 1.12 bits per heavy atom. The molecule has 4 saturated carbocycles. The molecule has 5 rings (SSSR count). The lowest BCUT2D eigenvalue weighted by Gasteiger charge is -2.64. The molecule has 1 aromatic heterocycles. The molecule has 0 saturated heterocycles. The Morgan fingerprint density at radius 3 is 2.59 bits per heavy atom. The summed E-state index contributed by atoms with van der Waals surface area (Å²) in [6.45, 7) is 6.11. The molecule has 9 atom stereocenters. The molecule has 0 radical (unpaired) electrons. The fraction of sp³-hybridized carbons (Fsp3) is 0.769. The molecule has 1 aromatic rings. The van der Waals surface area contributed by atoms with Crippen LogP contribution in [0.2, 0.25) is 0 Å². The Balaban J connectivity index is 1.45. The van der Waals surface area contributed by atoms with E-state index in [9.17, 15) is 14.7 Å². The molecule has 4 aliphatic carbocycles. The van der Waals surface area contributed by atoms with Gasteiger partial charge in [0.1, 0.15) is 6.10 Å². The lowest BCUT2D eigenvalue weighted by molar-refractivity contribution is -0.206. The van der Waals surface area contributed by atoms with Gasteiger partial charge in [0.25, 0.3) is 0 Å². The zero-order valence-electron chi connectivity index (χ0n) is 19.3. The minimum absolute atomic E-state index is 0.0310. The number of halogens is 1. The molecule has 176 valence electrons.